The van der Waals surface area contributed by atoms with Crippen LogP contribution in [0, 0.1) is 0 Å². The van der Waals surface area contributed by atoms with Crippen molar-refractivity contribution in [1.29, 1.82) is 0 Å². The molecule has 14 heavy (non-hydrogen) atoms. The molecule has 3 nitrogen and oxygen atoms in total. The van der Waals surface area contributed by atoms with E-state index in [1.54, 1.807) is 0 Å². The summed E-state index contributed by atoms with van der Waals surface area (Å²) in [7, 11) is 6.53. The van der Waals surface area contributed by atoms with Crippen LogP contribution in [0.3, 0.4) is 0 Å². The second kappa shape index (κ2) is 5.69. The summed E-state index contributed by atoms with van der Waals surface area (Å²) in [5.41, 5.74) is 0. The molecule has 0 spiro atoms. The second-order valence-electron chi connectivity index (χ2n) is 4.60. The van der Waals surface area contributed by atoms with Gasteiger partial charge >= 0.3 is 0 Å². The minimum atomic E-state index is 0.720. The molecule has 0 aromatic carbocycles. The SMILES string of the molecule is CNCCC1CN(C)C(C)CCN1C. The number of rotatable bonds is 3. The average molecular weight is 199 g/mol. The minimum absolute atomic E-state index is 0.720. The van der Waals surface area contributed by atoms with Gasteiger partial charge in [0.15, 0.2) is 0 Å². The third kappa shape index (κ3) is 3.23. The highest BCUT2D eigenvalue weighted by Gasteiger charge is 2.23. The Morgan fingerprint density at radius 2 is 2.00 bits per heavy atom. The Balaban J connectivity index is 2.46. The molecule has 84 valence electrons. The van der Waals surface area contributed by atoms with Crippen LogP contribution < -0.4 is 5.32 Å². The standard InChI is InChI=1S/C11H25N3/c1-10-6-8-13(3)11(5-7-12-2)9-14(10)4/h10-12H,5-9H2,1-4H3. The number of hydrogen-bond donors (Lipinski definition) is 1. The molecular weight excluding hydrogens is 174 g/mol. The van der Waals surface area contributed by atoms with Crippen LogP contribution in [0.2, 0.25) is 0 Å². The van der Waals surface area contributed by atoms with Gasteiger partial charge in [-0.15, -0.1) is 0 Å². The summed E-state index contributed by atoms with van der Waals surface area (Å²) in [6.45, 7) is 5.89. The topological polar surface area (TPSA) is 18.5 Å². The Morgan fingerprint density at radius 1 is 1.29 bits per heavy atom. The largest absolute Gasteiger partial charge is 0.320 e. The smallest absolute Gasteiger partial charge is 0.0232 e. The molecule has 0 saturated carbocycles. The monoisotopic (exact) mass is 199 g/mol. The molecular formula is C11H25N3. The molecule has 0 aliphatic carbocycles. The van der Waals surface area contributed by atoms with E-state index in [1.165, 1.54) is 25.9 Å². The summed E-state index contributed by atoms with van der Waals surface area (Å²) in [5, 5.41) is 3.24. The van der Waals surface area contributed by atoms with Crippen molar-refractivity contribution in [2.24, 2.45) is 0 Å². The summed E-state index contributed by atoms with van der Waals surface area (Å²) >= 11 is 0. The minimum Gasteiger partial charge on any atom is -0.320 e. The fourth-order valence-electron chi connectivity index (χ4n) is 2.07. The van der Waals surface area contributed by atoms with Crippen molar-refractivity contribution in [3.63, 3.8) is 0 Å². The molecule has 2 atom stereocenters. The van der Waals surface area contributed by atoms with Gasteiger partial charge in [-0.3, -0.25) is 0 Å². The van der Waals surface area contributed by atoms with Gasteiger partial charge in [-0.05, 0) is 54.0 Å². The van der Waals surface area contributed by atoms with Gasteiger partial charge in [-0.1, -0.05) is 0 Å². The number of hydrogen-bond acceptors (Lipinski definition) is 3. The van der Waals surface area contributed by atoms with E-state index in [4.69, 9.17) is 0 Å². The van der Waals surface area contributed by atoms with E-state index in [0.717, 1.165) is 18.6 Å². The van der Waals surface area contributed by atoms with Crippen LogP contribution in [-0.4, -0.2) is 62.7 Å². The Hall–Kier alpha value is -0.120. The summed E-state index contributed by atoms with van der Waals surface area (Å²) in [5.74, 6) is 0. The summed E-state index contributed by atoms with van der Waals surface area (Å²) in [4.78, 5) is 5.00. The highest BCUT2D eigenvalue weighted by atomic mass is 15.2. The fourth-order valence-corrected chi connectivity index (χ4v) is 2.07. The first-order valence-corrected chi connectivity index (χ1v) is 5.70. The van der Waals surface area contributed by atoms with Crippen LogP contribution in [0.15, 0.2) is 0 Å². The van der Waals surface area contributed by atoms with Gasteiger partial charge in [-0.25, -0.2) is 0 Å². The molecule has 1 N–H and O–H groups in total. The van der Waals surface area contributed by atoms with Crippen LogP contribution in [0.4, 0.5) is 0 Å². The number of likely N-dealkylation sites (N-methyl/N-ethyl adjacent to an activating group) is 2. The first kappa shape index (κ1) is 12.0. The van der Waals surface area contributed by atoms with Crippen LogP contribution >= 0.6 is 0 Å². The first-order chi connectivity index (χ1) is 6.65. The third-order valence-corrected chi connectivity index (χ3v) is 3.50. The lowest BCUT2D eigenvalue weighted by atomic mass is 10.2. The first-order valence-electron chi connectivity index (χ1n) is 5.70. The zero-order chi connectivity index (χ0) is 10.6. The molecule has 0 radical (unpaired) electrons. The molecule has 1 rings (SSSR count). The van der Waals surface area contributed by atoms with Crippen molar-refractivity contribution < 1.29 is 0 Å². The number of nitrogens with one attached hydrogen (secondary N) is 1. The molecule has 2 unspecified atom stereocenters. The summed E-state index contributed by atoms with van der Waals surface area (Å²) < 4.78 is 0. The zero-order valence-corrected chi connectivity index (χ0v) is 10.1. The van der Waals surface area contributed by atoms with Gasteiger partial charge in [0.2, 0.25) is 0 Å². The van der Waals surface area contributed by atoms with Crippen molar-refractivity contribution in [2.45, 2.75) is 31.8 Å². The molecule has 0 aromatic heterocycles. The van der Waals surface area contributed by atoms with E-state index >= 15 is 0 Å². The lowest BCUT2D eigenvalue weighted by Crippen LogP contribution is -2.40. The fraction of sp³-hybridized carbons (Fsp3) is 1.00. The molecule has 1 aliphatic heterocycles. The molecule has 1 saturated heterocycles. The molecule has 0 amide bonds. The molecule has 1 heterocycles. The maximum atomic E-state index is 3.24. The van der Waals surface area contributed by atoms with Gasteiger partial charge < -0.3 is 15.1 Å². The third-order valence-electron chi connectivity index (χ3n) is 3.50. The summed E-state index contributed by atoms with van der Waals surface area (Å²) in [6.07, 6.45) is 2.55. The van der Waals surface area contributed by atoms with E-state index in [1.807, 2.05) is 7.05 Å². The average Bonchev–Trinajstić information content (AvgIpc) is 2.29. The molecule has 3 heteroatoms. The zero-order valence-electron chi connectivity index (χ0n) is 10.1. The van der Waals surface area contributed by atoms with Gasteiger partial charge in [0.05, 0.1) is 0 Å². The van der Waals surface area contributed by atoms with Crippen LogP contribution in [0.25, 0.3) is 0 Å². The van der Waals surface area contributed by atoms with Gasteiger partial charge in [0, 0.05) is 18.6 Å². The van der Waals surface area contributed by atoms with Gasteiger partial charge in [0.1, 0.15) is 0 Å². The van der Waals surface area contributed by atoms with Gasteiger partial charge in [-0.2, -0.15) is 0 Å². The predicted molar refractivity (Wildman–Crippen MR) is 61.7 cm³/mol. The molecule has 0 aromatic rings. The Morgan fingerprint density at radius 3 is 2.64 bits per heavy atom. The quantitative estimate of drug-likeness (QED) is 0.719. The van der Waals surface area contributed by atoms with Crippen molar-refractivity contribution >= 4 is 0 Å². The molecule has 0 bridgehead atoms. The normalized spacial score (nSPS) is 31.7. The Labute approximate surface area is 88.5 Å². The predicted octanol–water partition coefficient (Wildman–Crippen LogP) is 0.620. The lowest BCUT2D eigenvalue weighted by molar-refractivity contribution is 0.202. The van der Waals surface area contributed by atoms with Crippen LogP contribution in [-0.2, 0) is 0 Å². The number of nitrogens with zero attached hydrogens (tertiary/aromatic N) is 2. The maximum absolute atomic E-state index is 3.24. The Kier molecular flexibility index (Phi) is 4.85. The van der Waals surface area contributed by atoms with Gasteiger partial charge in [0.25, 0.3) is 0 Å². The highest BCUT2D eigenvalue weighted by molar-refractivity contribution is 4.80. The van der Waals surface area contributed by atoms with Crippen molar-refractivity contribution in [3.05, 3.63) is 0 Å². The van der Waals surface area contributed by atoms with E-state index in [9.17, 15) is 0 Å². The second-order valence-corrected chi connectivity index (χ2v) is 4.60. The van der Waals surface area contributed by atoms with Crippen LogP contribution in [0.1, 0.15) is 19.8 Å². The maximum Gasteiger partial charge on any atom is 0.0232 e. The van der Waals surface area contributed by atoms with Crippen molar-refractivity contribution in [2.75, 3.05) is 40.8 Å². The van der Waals surface area contributed by atoms with E-state index in [0.29, 0.717) is 0 Å². The Bertz CT molecular complexity index is 161. The van der Waals surface area contributed by atoms with Crippen LogP contribution in [0.5, 0.6) is 0 Å². The molecule has 1 aliphatic rings. The van der Waals surface area contributed by atoms with E-state index in [-0.39, 0.29) is 0 Å². The lowest BCUT2D eigenvalue weighted by Gasteiger charge is -2.28. The van der Waals surface area contributed by atoms with Crippen molar-refractivity contribution in [3.8, 4) is 0 Å². The molecule has 1 fully saturated rings. The van der Waals surface area contributed by atoms with E-state index in [2.05, 4.69) is 36.1 Å². The summed E-state index contributed by atoms with van der Waals surface area (Å²) in [6, 6.07) is 1.45. The highest BCUT2D eigenvalue weighted by Crippen LogP contribution is 2.13. The van der Waals surface area contributed by atoms with E-state index < -0.39 is 0 Å². The van der Waals surface area contributed by atoms with Crippen molar-refractivity contribution in [1.82, 2.24) is 15.1 Å².